The first-order chi connectivity index (χ1) is 15.0. The maximum atomic E-state index is 11.9. The molecule has 0 atom stereocenters. The molecule has 1 heterocycles. The third-order valence-electron chi connectivity index (χ3n) is 4.12. The van der Waals surface area contributed by atoms with Gasteiger partial charge in [0.1, 0.15) is 5.75 Å². The lowest BCUT2D eigenvalue weighted by molar-refractivity contribution is -0.148. The number of urea groups is 1. The number of methoxy groups -OCH3 is 1. The molecule has 0 bridgehead atoms. The number of benzene rings is 2. The number of anilines is 1. The minimum Gasteiger partial charge on any atom is -0.497 e. The molecule has 9 heteroatoms. The van der Waals surface area contributed by atoms with Crippen molar-refractivity contribution in [1.82, 2.24) is 10.3 Å². The van der Waals surface area contributed by atoms with E-state index < -0.39 is 24.5 Å². The number of ether oxygens (including phenoxy) is 2. The van der Waals surface area contributed by atoms with Crippen molar-refractivity contribution in [2.45, 2.75) is 12.8 Å². The number of rotatable bonds is 8. The molecule has 3 aromatic rings. The van der Waals surface area contributed by atoms with Crippen LogP contribution in [0, 0.1) is 0 Å². The first-order valence-electron chi connectivity index (χ1n) is 9.44. The van der Waals surface area contributed by atoms with E-state index in [1.54, 1.807) is 30.5 Å². The van der Waals surface area contributed by atoms with E-state index in [4.69, 9.17) is 13.9 Å². The number of hydrogen-bond acceptors (Lipinski definition) is 7. The Bertz CT molecular complexity index is 1030. The Morgan fingerprint density at radius 3 is 2.48 bits per heavy atom. The number of nitrogens with zero attached hydrogens (tertiary/aromatic N) is 1. The van der Waals surface area contributed by atoms with Gasteiger partial charge in [-0.3, -0.25) is 14.9 Å². The van der Waals surface area contributed by atoms with Crippen LogP contribution in [0.4, 0.5) is 10.5 Å². The van der Waals surface area contributed by atoms with Crippen molar-refractivity contribution in [3.05, 3.63) is 66.7 Å². The molecule has 0 radical (unpaired) electrons. The highest BCUT2D eigenvalue weighted by Gasteiger charge is 2.13. The van der Waals surface area contributed by atoms with Crippen molar-refractivity contribution in [3.63, 3.8) is 0 Å². The quantitative estimate of drug-likeness (QED) is 0.534. The second-order valence-corrected chi connectivity index (χ2v) is 6.38. The molecule has 2 aromatic carbocycles. The van der Waals surface area contributed by atoms with Gasteiger partial charge in [-0.15, -0.1) is 0 Å². The van der Waals surface area contributed by atoms with Gasteiger partial charge in [-0.05, 0) is 24.3 Å². The summed E-state index contributed by atoms with van der Waals surface area (Å²) in [5.74, 6) is 0.271. The molecule has 1 aromatic heterocycles. The highest BCUT2D eigenvalue weighted by Crippen LogP contribution is 2.20. The molecule has 0 aliphatic rings. The van der Waals surface area contributed by atoms with E-state index in [2.05, 4.69) is 15.6 Å². The van der Waals surface area contributed by atoms with Gasteiger partial charge in [-0.25, -0.2) is 9.78 Å². The first-order valence-corrected chi connectivity index (χ1v) is 9.44. The predicted octanol–water partition coefficient (Wildman–Crippen LogP) is 3.17. The zero-order valence-electron chi connectivity index (χ0n) is 16.8. The largest absolute Gasteiger partial charge is 0.497 e. The van der Waals surface area contributed by atoms with E-state index in [1.165, 1.54) is 7.11 Å². The third-order valence-corrected chi connectivity index (χ3v) is 4.12. The molecule has 0 aliphatic heterocycles. The molecule has 0 saturated carbocycles. The number of esters is 1. The summed E-state index contributed by atoms with van der Waals surface area (Å²) in [4.78, 5) is 39.6. The van der Waals surface area contributed by atoms with Crippen molar-refractivity contribution in [2.75, 3.05) is 19.0 Å². The average molecular weight is 423 g/mol. The summed E-state index contributed by atoms with van der Waals surface area (Å²) >= 11 is 0. The van der Waals surface area contributed by atoms with E-state index in [-0.39, 0.29) is 12.8 Å². The number of carbonyl (C=O) groups is 3. The van der Waals surface area contributed by atoms with Crippen molar-refractivity contribution in [2.24, 2.45) is 0 Å². The molecule has 0 saturated heterocycles. The number of aryl methyl sites for hydroxylation is 1. The Hall–Kier alpha value is -4.14. The molecule has 0 unspecified atom stereocenters. The Labute approximate surface area is 178 Å². The minimum atomic E-state index is -0.748. The Morgan fingerprint density at radius 1 is 1.03 bits per heavy atom. The SMILES string of the molecule is COc1ccc(NC(=O)NC(=O)COC(=O)CCc2ncc(-c3ccccc3)o2)cc1. The highest BCUT2D eigenvalue weighted by atomic mass is 16.5. The van der Waals surface area contributed by atoms with Gasteiger partial charge in [-0.2, -0.15) is 0 Å². The molecule has 3 rings (SSSR count). The van der Waals surface area contributed by atoms with E-state index in [0.29, 0.717) is 23.1 Å². The van der Waals surface area contributed by atoms with Crippen molar-refractivity contribution in [1.29, 1.82) is 0 Å². The maximum absolute atomic E-state index is 11.9. The van der Waals surface area contributed by atoms with Crippen molar-refractivity contribution in [3.8, 4) is 17.1 Å². The Morgan fingerprint density at radius 2 is 1.77 bits per heavy atom. The maximum Gasteiger partial charge on any atom is 0.325 e. The standard InChI is InChI=1S/C22H21N3O6/c1-29-17-9-7-16(8-10-17)24-22(28)25-19(26)14-30-21(27)12-11-20-23-13-18(31-20)15-5-3-2-4-6-15/h2-10,13H,11-12,14H2,1H3,(H2,24,25,26,28). The number of hydrogen-bond donors (Lipinski definition) is 2. The zero-order chi connectivity index (χ0) is 22.1. The van der Waals surface area contributed by atoms with Crippen LogP contribution in [0.15, 0.2) is 65.2 Å². The molecule has 3 amide bonds. The molecule has 9 nitrogen and oxygen atoms in total. The van der Waals surface area contributed by atoms with E-state index in [9.17, 15) is 14.4 Å². The van der Waals surface area contributed by atoms with Gasteiger partial charge in [-0.1, -0.05) is 30.3 Å². The third kappa shape index (κ3) is 6.70. The summed E-state index contributed by atoms with van der Waals surface area (Å²) in [6.45, 7) is -0.574. The summed E-state index contributed by atoms with van der Waals surface area (Å²) in [6, 6.07) is 15.3. The van der Waals surface area contributed by atoms with Crippen LogP contribution in [0.1, 0.15) is 12.3 Å². The molecular weight excluding hydrogens is 402 g/mol. The van der Waals surface area contributed by atoms with Crippen molar-refractivity contribution >= 4 is 23.6 Å². The van der Waals surface area contributed by atoms with Gasteiger partial charge in [0.15, 0.2) is 18.3 Å². The predicted molar refractivity (Wildman–Crippen MR) is 111 cm³/mol. The number of nitrogens with one attached hydrogen (secondary N) is 2. The Kier molecular flexibility index (Phi) is 7.36. The van der Waals surface area contributed by atoms with Crippen LogP contribution >= 0.6 is 0 Å². The molecule has 2 N–H and O–H groups in total. The van der Waals surface area contributed by atoms with Crippen LogP contribution in [0.2, 0.25) is 0 Å². The number of amides is 3. The van der Waals surface area contributed by atoms with Crippen LogP contribution in [0.5, 0.6) is 5.75 Å². The van der Waals surface area contributed by atoms with Crippen LogP contribution in [0.25, 0.3) is 11.3 Å². The van der Waals surface area contributed by atoms with Gasteiger partial charge < -0.3 is 19.2 Å². The smallest absolute Gasteiger partial charge is 0.325 e. The fraction of sp³-hybridized carbons (Fsp3) is 0.182. The first kappa shape index (κ1) is 21.6. The molecule has 160 valence electrons. The second-order valence-electron chi connectivity index (χ2n) is 6.38. The number of oxazole rings is 1. The monoisotopic (exact) mass is 423 g/mol. The van der Waals surface area contributed by atoms with Gasteiger partial charge in [0, 0.05) is 17.7 Å². The minimum absolute atomic E-state index is 0.0138. The van der Waals surface area contributed by atoms with Gasteiger partial charge in [0.05, 0.1) is 19.7 Å². The van der Waals surface area contributed by atoms with E-state index in [1.807, 2.05) is 30.3 Å². The summed E-state index contributed by atoms with van der Waals surface area (Å²) in [5.41, 5.74) is 1.36. The molecule has 0 aliphatic carbocycles. The van der Waals surface area contributed by atoms with Crippen molar-refractivity contribution < 1.29 is 28.3 Å². The number of carbonyl (C=O) groups excluding carboxylic acids is 3. The summed E-state index contributed by atoms with van der Waals surface area (Å²) in [7, 11) is 1.53. The van der Waals surface area contributed by atoms with Gasteiger partial charge in [0.25, 0.3) is 5.91 Å². The Balaban J connectivity index is 1.36. The lowest BCUT2D eigenvalue weighted by atomic mass is 10.2. The van der Waals surface area contributed by atoms with Crippen LogP contribution in [-0.2, 0) is 20.7 Å². The molecule has 0 spiro atoms. The van der Waals surface area contributed by atoms with E-state index >= 15 is 0 Å². The molecule has 0 fully saturated rings. The normalized spacial score (nSPS) is 10.2. The summed E-state index contributed by atoms with van der Waals surface area (Å²) in [6.07, 6.45) is 1.80. The van der Waals surface area contributed by atoms with Gasteiger partial charge >= 0.3 is 12.0 Å². The topological polar surface area (TPSA) is 120 Å². The molecule has 31 heavy (non-hydrogen) atoms. The lowest BCUT2D eigenvalue weighted by Crippen LogP contribution is -2.37. The van der Waals surface area contributed by atoms with E-state index in [0.717, 1.165) is 5.56 Å². The highest BCUT2D eigenvalue weighted by molar-refractivity contribution is 6.01. The van der Waals surface area contributed by atoms with Crippen LogP contribution in [0.3, 0.4) is 0 Å². The fourth-order valence-electron chi connectivity index (χ4n) is 2.59. The van der Waals surface area contributed by atoms with Crippen LogP contribution in [-0.4, -0.2) is 36.6 Å². The van der Waals surface area contributed by atoms with Gasteiger partial charge in [0.2, 0.25) is 0 Å². The van der Waals surface area contributed by atoms with Crippen LogP contribution < -0.4 is 15.4 Å². The zero-order valence-corrected chi connectivity index (χ0v) is 16.8. The molecular formula is C22H21N3O6. The summed E-state index contributed by atoms with van der Waals surface area (Å²) in [5, 5.41) is 4.57. The number of aromatic nitrogens is 1. The fourth-order valence-corrected chi connectivity index (χ4v) is 2.59. The number of imide groups is 1. The second kappa shape index (κ2) is 10.6. The average Bonchev–Trinajstić information content (AvgIpc) is 3.26. The summed E-state index contributed by atoms with van der Waals surface area (Å²) < 4.78 is 15.5. The lowest BCUT2D eigenvalue weighted by Gasteiger charge is -2.08.